The van der Waals surface area contributed by atoms with Crippen molar-refractivity contribution in [3.8, 4) is 0 Å². The molecule has 1 fully saturated rings. The molecule has 8 heteroatoms. The smallest absolute Gasteiger partial charge is 0.203 e. The predicted molar refractivity (Wildman–Crippen MR) is 109 cm³/mol. The summed E-state index contributed by atoms with van der Waals surface area (Å²) < 4.78 is 2.04. The van der Waals surface area contributed by atoms with E-state index in [-0.39, 0.29) is 0 Å². The fraction of sp³-hybridized carbons (Fsp3) is 0.350. The van der Waals surface area contributed by atoms with Gasteiger partial charge in [0.2, 0.25) is 5.65 Å². The van der Waals surface area contributed by atoms with E-state index in [0.29, 0.717) is 0 Å². The molecule has 1 aromatic carbocycles. The summed E-state index contributed by atoms with van der Waals surface area (Å²) >= 11 is 0. The van der Waals surface area contributed by atoms with Crippen LogP contribution in [-0.2, 0) is 6.42 Å². The van der Waals surface area contributed by atoms with E-state index in [1.54, 1.807) is 6.33 Å². The number of hydrogen-bond donors (Lipinski definition) is 0. The van der Waals surface area contributed by atoms with Crippen molar-refractivity contribution in [2.45, 2.75) is 19.8 Å². The molecule has 1 saturated heterocycles. The molecule has 5 rings (SSSR count). The number of fused-ring (bicyclic) bond motifs is 2. The Labute approximate surface area is 162 Å². The lowest BCUT2D eigenvalue weighted by molar-refractivity contribution is 0.793. The minimum atomic E-state index is 0.834. The van der Waals surface area contributed by atoms with E-state index in [1.165, 1.54) is 0 Å². The van der Waals surface area contributed by atoms with Crippen LogP contribution in [-0.4, -0.2) is 55.7 Å². The SMILES string of the molecule is CCc1nnc2c(N3CCCN(c4ncnc5ccccc45)CC3)nccn12. The van der Waals surface area contributed by atoms with Crippen LogP contribution in [0.2, 0.25) is 0 Å². The molecular formula is C20H22N8. The highest BCUT2D eigenvalue weighted by molar-refractivity contribution is 5.89. The van der Waals surface area contributed by atoms with Gasteiger partial charge in [-0.2, -0.15) is 0 Å². The first-order valence-corrected chi connectivity index (χ1v) is 9.73. The molecule has 0 atom stereocenters. The third-order valence-corrected chi connectivity index (χ3v) is 5.31. The monoisotopic (exact) mass is 374 g/mol. The van der Waals surface area contributed by atoms with Gasteiger partial charge in [-0.15, -0.1) is 10.2 Å². The first kappa shape index (κ1) is 16.9. The van der Waals surface area contributed by atoms with Crippen LogP contribution in [0.5, 0.6) is 0 Å². The van der Waals surface area contributed by atoms with E-state index < -0.39 is 0 Å². The summed E-state index contributed by atoms with van der Waals surface area (Å²) in [5.74, 6) is 2.88. The molecule has 1 aliphatic heterocycles. The number of aryl methyl sites for hydroxylation is 1. The summed E-state index contributed by atoms with van der Waals surface area (Å²) in [7, 11) is 0. The van der Waals surface area contributed by atoms with Crippen molar-refractivity contribution < 1.29 is 0 Å². The minimum Gasteiger partial charge on any atom is -0.354 e. The Kier molecular flexibility index (Phi) is 4.23. The van der Waals surface area contributed by atoms with Gasteiger partial charge in [-0.1, -0.05) is 19.1 Å². The highest BCUT2D eigenvalue weighted by Crippen LogP contribution is 2.25. The Morgan fingerprint density at radius 3 is 2.57 bits per heavy atom. The average molecular weight is 374 g/mol. The first-order valence-electron chi connectivity index (χ1n) is 9.73. The third kappa shape index (κ3) is 2.81. The minimum absolute atomic E-state index is 0.834. The van der Waals surface area contributed by atoms with Gasteiger partial charge < -0.3 is 9.80 Å². The Balaban J connectivity index is 1.44. The second-order valence-electron chi connectivity index (χ2n) is 6.96. The Hall–Kier alpha value is -3.29. The van der Waals surface area contributed by atoms with Gasteiger partial charge in [0.25, 0.3) is 0 Å². The second kappa shape index (κ2) is 7.03. The lowest BCUT2D eigenvalue weighted by atomic mass is 10.2. The summed E-state index contributed by atoms with van der Waals surface area (Å²) in [5, 5.41) is 9.80. The highest BCUT2D eigenvalue weighted by atomic mass is 15.3. The largest absolute Gasteiger partial charge is 0.354 e. The van der Waals surface area contributed by atoms with Crippen molar-refractivity contribution >= 4 is 28.2 Å². The number of benzene rings is 1. The number of aromatic nitrogens is 6. The fourth-order valence-electron chi connectivity index (χ4n) is 3.91. The quantitative estimate of drug-likeness (QED) is 0.545. The van der Waals surface area contributed by atoms with E-state index in [0.717, 1.165) is 73.0 Å². The Morgan fingerprint density at radius 2 is 1.71 bits per heavy atom. The summed E-state index contributed by atoms with van der Waals surface area (Å²) in [6.45, 7) is 5.71. The molecule has 142 valence electrons. The van der Waals surface area contributed by atoms with E-state index in [1.807, 2.05) is 35.0 Å². The standard InChI is InChI=1S/C20H22N8/c1-2-17-24-25-20-19(21-8-11-28(17)20)27-10-5-9-26(12-13-27)18-15-6-3-4-7-16(15)22-14-23-18/h3-4,6-8,11,14H,2,5,9-10,12-13H2,1H3. The van der Waals surface area contributed by atoms with Crippen LogP contribution < -0.4 is 9.80 Å². The molecule has 0 aliphatic carbocycles. The van der Waals surface area contributed by atoms with Gasteiger partial charge in [0.05, 0.1) is 5.52 Å². The van der Waals surface area contributed by atoms with Crippen LogP contribution in [0.25, 0.3) is 16.6 Å². The second-order valence-corrected chi connectivity index (χ2v) is 6.96. The first-order chi connectivity index (χ1) is 13.8. The number of anilines is 2. The maximum Gasteiger partial charge on any atom is 0.203 e. The summed E-state index contributed by atoms with van der Waals surface area (Å²) in [6, 6.07) is 8.18. The summed E-state index contributed by atoms with van der Waals surface area (Å²) in [5.41, 5.74) is 1.82. The number of nitrogens with zero attached hydrogens (tertiary/aromatic N) is 8. The third-order valence-electron chi connectivity index (χ3n) is 5.31. The van der Waals surface area contributed by atoms with Crippen LogP contribution in [0.3, 0.4) is 0 Å². The number of hydrogen-bond acceptors (Lipinski definition) is 7. The molecule has 3 aromatic heterocycles. The van der Waals surface area contributed by atoms with Crippen LogP contribution in [0.1, 0.15) is 19.2 Å². The molecule has 28 heavy (non-hydrogen) atoms. The molecule has 0 unspecified atom stereocenters. The zero-order chi connectivity index (χ0) is 18.9. The maximum absolute atomic E-state index is 4.63. The van der Waals surface area contributed by atoms with Crippen molar-refractivity contribution in [2.75, 3.05) is 36.0 Å². The van der Waals surface area contributed by atoms with Crippen molar-refractivity contribution in [1.29, 1.82) is 0 Å². The number of para-hydroxylation sites is 1. The molecule has 0 spiro atoms. The topological polar surface area (TPSA) is 75.3 Å². The van der Waals surface area contributed by atoms with Crippen LogP contribution in [0.4, 0.5) is 11.6 Å². The van der Waals surface area contributed by atoms with E-state index in [4.69, 9.17) is 0 Å². The molecule has 0 radical (unpaired) electrons. The highest BCUT2D eigenvalue weighted by Gasteiger charge is 2.21. The zero-order valence-corrected chi connectivity index (χ0v) is 15.9. The van der Waals surface area contributed by atoms with Gasteiger partial charge >= 0.3 is 0 Å². The molecule has 4 aromatic rings. The summed E-state index contributed by atoms with van der Waals surface area (Å²) in [4.78, 5) is 18.3. The normalized spacial score (nSPS) is 15.3. The van der Waals surface area contributed by atoms with Gasteiger partial charge in [0.1, 0.15) is 18.0 Å². The zero-order valence-electron chi connectivity index (χ0n) is 15.9. The van der Waals surface area contributed by atoms with Crippen molar-refractivity contribution in [3.05, 3.63) is 48.8 Å². The van der Waals surface area contributed by atoms with Crippen molar-refractivity contribution in [3.63, 3.8) is 0 Å². The molecule has 8 nitrogen and oxygen atoms in total. The molecule has 1 aliphatic rings. The molecule has 4 heterocycles. The molecule has 0 N–H and O–H groups in total. The van der Waals surface area contributed by atoms with Crippen LogP contribution >= 0.6 is 0 Å². The van der Waals surface area contributed by atoms with Crippen LogP contribution in [0, 0.1) is 0 Å². The van der Waals surface area contributed by atoms with E-state index >= 15 is 0 Å². The van der Waals surface area contributed by atoms with E-state index in [9.17, 15) is 0 Å². The van der Waals surface area contributed by atoms with Gasteiger partial charge in [-0.3, -0.25) is 4.40 Å². The Bertz CT molecular complexity index is 1120. The van der Waals surface area contributed by atoms with E-state index in [2.05, 4.69) is 47.9 Å². The lowest BCUT2D eigenvalue weighted by Gasteiger charge is -2.24. The Morgan fingerprint density at radius 1 is 0.893 bits per heavy atom. The van der Waals surface area contributed by atoms with Crippen LogP contribution in [0.15, 0.2) is 43.0 Å². The summed E-state index contributed by atoms with van der Waals surface area (Å²) in [6.07, 6.45) is 7.31. The van der Waals surface area contributed by atoms with Gasteiger partial charge in [0, 0.05) is 50.4 Å². The molecule has 0 amide bonds. The van der Waals surface area contributed by atoms with Crippen molar-refractivity contribution in [2.24, 2.45) is 0 Å². The lowest BCUT2D eigenvalue weighted by Crippen LogP contribution is -2.32. The van der Waals surface area contributed by atoms with Crippen molar-refractivity contribution in [1.82, 2.24) is 29.5 Å². The van der Waals surface area contributed by atoms with Gasteiger partial charge in [-0.25, -0.2) is 15.0 Å². The van der Waals surface area contributed by atoms with Gasteiger partial charge in [-0.05, 0) is 18.6 Å². The molecule has 0 bridgehead atoms. The fourth-order valence-corrected chi connectivity index (χ4v) is 3.91. The predicted octanol–water partition coefficient (Wildman–Crippen LogP) is 2.35. The average Bonchev–Trinajstić information content (AvgIpc) is 3.02. The molecular weight excluding hydrogens is 352 g/mol. The van der Waals surface area contributed by atoms with Gasteiger partial charge in [0.15, 0.2) is 5.82 Å². The number of rotatable bonds is 3. The maximum atomic E-state index is 4.63. The molecule has 0 saturated carbocycles.